The number of unbranched alkanes of at least 4 members (excludes halogenated alkanes) is 1. The summed E-state index contributed by atoms with van der Waals surface area (Å²) in [7, 11) is 0. The molecule has 0 aromatic heterocycles. The van der Waals surface area contributed by atoms with Crippen LogP contribution in [0.1, 0.15) is 40.5 Å². The van der Waals surface area contributed by atoms with Gasteiger partial charge in [0.2, 0.25) is 0 Å². The van der Waals surface area contributed by atoms with Crippen molar-refractivity contribution in [3.8, 4) is 0 Å². The fraction of sp³-hybridized carbons (Fsp3) is 1.00. The first-order valence-electron chi connectivity index (χ1n) is 7.72. The van der Waals surface area contributed by atoms with Gasteiger partial charge in [-0.25, -0.2) is 0 Å². The first-order valence-corrected chi connectivity index (χ1v) is 7.72. The molecule has 0 bridgehead atoms. The molecular weight excluding hydrogens is 240 g/mol. The molecule has 0 saturated carbocycles. The van der Waals surface area contributed by atoms with E-state index in [4.69, 9.17) is 9.47 Å². The zero-order chi connectivity index (χ0) is 14.1. The first-order chi connectivity index (χ1) is 9.03. The van der Waals surface area contributed by atoms with Gasteiger partial charge in [0.25, 0.3) is 0 Å². The van der Waals surface area contributed by atoms with Crippen molar-refractivity contribution in [3.63, 3.8) is 0 Å². The normalized spacial score (nSPS) is 23.7. The van der Waals surface area contributed by atoms with Crippen LogP contribution < -0.4 is 5.32 Å². The average molecular weight is 272 g/mol. The third-order valence-electron chi connectivity index (χ3n) is 3.31. The number of morpholine rings is 1. The van der Waals surface area contributed by atoms with Crippen LogP contribution in [0.2, 0.25) is 0 Å². The van der Waals surface area contributed by atoms with Crippen LogP contribution in [-0.4, -0.2) is 62.5 Å². The molecular formula is C15H32N2O2. The molecule has 1 aliphatic heterocycles. The van der Waals surface area contributed by atoms with Crippen LogP contribution in [0.15, 0.2) is 0 Å². The molecule has 1 rings (SSSR count). The molecule has 1 aliphatic rings. The van der Waals surface area contributed by atoms with Crippen molar-refractivity contribution in [2.24, 2.45) is 0 Å². The fourth-order valence-electron chi connectivity index (χ4n) is 2.61. The molecule has 1 saturated heterocycles. The molecule has 0 aliphatic carbocycles. The smallest absolute Gasteiger partial charge is 0.0757 e. The number of nitrogens with one attached hydrogen (secondary N) is 1. The van der Waals surface area contributed by atoms with E-state index in [0.29, 0.717) is 6.10 Å². The van der Waals surface area contributed by atoms with Crippen molar-refractivity contribution in [2.75, 3.05) is 45.9 Å². The Balaban J connectivity index is 2.00. The second-order valence-electron chi connectivity index (χ2n) is 6.14. The monoisotopic (exact) mass is 272 g/mol. The molecule has 0 aromatic carbocycles. The lowest BCUT2D eigenvalue weighted by molar-refractivity contribution is -0.128. The van der Waals surface area contributed by atoms with Crippen LogP contribution >= 0.6 is 0 Å². The fourth-order valence-corrected chi connectivity index (χ4v) is 2.61. The van der Waals surface area contributed by atoms with Crippen LogP contribution in [0.3, 0.4) is 0 Å². The van der Waals surface area contributed by atoms with Gasteiger partial charge in [-0.1, -0.05) is 13.3 Å². The quantitative estimate of drug-likeness (QED) is 0.650. The highest BCUT2D eigenvalue weighted by Gasteiger charge is 2.30. The van der Waals surface area contributed by atoms with Crippen LogP contribution in [0.4, 0.5) is 0 Å². The van der Waals surface area contributed by atoms with E-state index in [-0.39, 0.29) is 5.60 Å². The van der Waals surface area contributed by atoms with Crippen molar-refractivity contribution in [3.05, 3.63) is 0 Å². The largest absolute Gasteiger partial charge is 0.380 e. The Hall–Kier alpha value is -0.160. The Morgan fingerprint density at radius 3 is 2.79 bits per heavy atom. The van der Waals surface area contributed by atoms with E-state index in [9.17, 15) is 0 Å². The number of rotatable bonds is 9. The molecule has 1 unspecified atom stereocenters. The van der Waals surface area contributed by atoms with E-state index in [1.165, 1.54) is 12.8 Å². The molecule has 4 heteroatoms. The molecule has 1 fully saturated rings. The van der Waals surface area contributed by atoms with Crippen molar-refractivity contribution in [1.82, 2.24) is 10.2 Å². The van der Waals surface area contributed by atoms with Crippen molar-refractivity contribution in [2.45, 2.75) is 52.2 Å². The van der Waals surface area contributed by atoms with Gasteiger partial charge >= 0.3 is 0 Å². The zero-order valence-electron chi connectivity index (χ0n) is 13.2. The molecule has 0 spiro atoms. The number of hydrogen-bond donors (Lipinski definition) is 1. The van der Waals surface area contributed by atoms with Gasteiger partial charge in [-0.2, -0.15) is 0 Å². The lowest BCUT2D eigenvalue weighted by Gasteiger charge is -2.41. The predicted molar refractivity (Wildman–Crippen MR) is 79.7 cm³/mol. The number of hydrogen-bond acceptors (Lipinski definition) is 4. The highest BCUT2D eigenvalue weighted by molar-refractivity contribution is 4.82. The Morgan fingerprint density at radius 2 is 2.11 bits per heavy atom. The van der Waals surface area contributed by atoms with Crippen LogP contribution in [0.25, 0.3) is 0 Å². The molecule has 1 heterocycles. The SMILES string of the molecule is CCCCOCCNCCN1CC(C)OC(C)(C)C1. The number of ether oxygens (including phenoxy) is 2. The van der Waals surface area contributed by atoms with Crippen LogP contribution in [0.5, 0.6) is 0 Å². The topological polar surface area (TPSA) is 33.7 Å². The summed E-state index contributed by atoms with van der Waals surface area (Å²) < 4.78 is 11.4. The minimum Gasteiger partial charge on any atom is -0.380 e. The van der Waals surface area contributed by atoms with E-state index in [1.807, 2.05) is 0 Å². The van der Waals surface area contributed by atoms with Gasteiger partial charge < -0.3 is 14.8 Å². The van der Waals surface area contributed by atoms with Gasteiger partial charge in [0.05, 0.1) is 18.3 Å². The lowest BCUT2D eigenvalue weighted by atomic mass is 10.1. The highest BCUT2D eigenvalue weighted by atomic mass is 16.5. The Kier molecular flexibility index (Phi) is 7.91. The molecule has 0 aromatic rings. The second kappa shape index (κ2) is 8.90. The standard InChI is InChI=1S/C15H32N2O2/c1-5-6-10-18-11-8-16-7-9-17-12-14(2)19-15(3,4)13-17/h14,16H,5-13H2,1-4H3. The van der Waals surface area contributed by atoms with Gasteiger partial charge in [0.1, 0.15) is 0 Å². The zero-order valence-corrected chi connectivity index (χ0v) is 13.2. The Bertz CT molecular complexity index is 234. The highest BCUT2D eigenvalue weighted by Crippen LogP contribution is 2.20. The third kappa shape index (κ3) is 7.88. The predicted octanol–water partition coefficient (Wildman–Crippen LogP) is 1.89. The van der Waals surface area contributed by atoms with E-state index >= 15 is 0 Å². The van der Waals surface area contributed by atoms with Gasteiger partial charge in [-0.05, 0) is 27.2 Å². The summed E-state index contributed by atoms with van der Waals surface area (Å²) in [5.41, 5.74) is -0.0130. The van der Waals surface area contributed by atoms with E-state index in [2.05, 4.69) is 37.9 Å². The summed E-state index contributed by atoms with van der Waals surface area (Å²) in [6.07, 6.45) is 2.71. The van der Waals surface area contributed by atoms with E-state index in [1.54, 1.807) is 0 Å². The van der Waals surface area contributed by atoms with E-state index in [0.717, 1.165) is 45.9 Å². The molecule has 114 valence electrons. The third-order valence-corrected chi connectivity index (χ3v) is 3.31. The Labute approximate surface area is 118 Å². The van der Waals surface area contributed by atoms with Crippen LogP contribution in [0, 0.1) is 0 Å². The summed E-state index contributed by atoms with van der Waals surface area (Å²) in [5, 5.41) is 3.44. The maximum atomic E-state index is 5.90. The summed E-state index contributed by atoms with van der Waals surface area (Å²) in [6.45, 7) is 15.5. The van der Waals surface area contributed by atoms with Gasteiger partial charge in [0, 0.05) is 39.3 Å². The lowest BCUT2D eigenvalue weighted by Crippen LogP contribution is -2.53. The minimum absolute atomic E-state index is 0.0130. The average Bonchev–Trinajstić information content (AvgIpc) is 2.30. The second-order valence-corrected chi connectivity index (χ2v) is 6.14. The first kappa shape index (κ1) is 16.9. The summed E-state index contributed by atoms with van der Waals surface area (Å²) in [4.78, 5) is 2.49. The molecule has 4 nitrogen and oxygen atoms in total. The Morgan fingerprint density at radius 1 is 1.32 bits per heavy atom. The summed E-state index contributed by atoms with van der Waals surface area (Å²) in [6, 6.07) is 0. The summed E-state index contributed by atoms with van der Waals surface area (Å²) in [5.74, 6) is 0. The number of nitrogens with zero attached hydrogens (tertiary/aromatic N) is 1. The van der Waals surface area contributed by atoms with Crippen molar-refractivity contribution >= 4 is 0 Å². The van der Waals surface area contributed by atoms with Crippen molar-refractivity contribution < 1.29 is 9.47 Å². The van der Waals surface area contributed by atoms with Gasteiger partial charge in [-0.15, -0.1) is 0 Å². The van der Waals surface area contributed by atoms with Crippen LogP contribution in [-0.2, 0) is 9.47 Å². The van der Waals surface area contributed by atoms with Crippen molar-refractivity contribution in [1.29, 1.82) is 0 Å². The molecule has 19 heavy (non-hydrogen) atoms. The molecule has 0 radical (unpaired) electrons. The molecule has 1 atom stereocenters. The summed E-state index contributed by atoms with van der Waals surface area (Å²) >= 11 is 0. The maximum absolute atomic E-state index is 5.90. The van der Waals surface area contributed by atoms with E-state index < -0.39 is 0 Å². The maximum Gasteiger partial charge on any atom is 0.0757 e. The minimum atomic E-state index is -0.0130. The molecule has 1 N–H and O–H groups in total. The van der Waals surface area contributed by atoms with Gasteiger partial charge in [-0.3, -0.25) is 4.90 Å². The molecule has 0 amide bonds. The van der Waals surface area contributed by atoms with Gasteiger partial charge in [0.15, 0.2) is 0 Å².